The van der Waals surface area contributed by atoms with E-state index < -0.39 is 18.2 Å². The molecule has 364 valence electrons. The first kappa shape index (κ1) is 60.3. The predicted octanol–water partition coefficient (Wildman–Crippen LogP) is 16.8. The fraction of sp³-hybridized carbons (Fsp3) is 0.842. The largest absolute Gasteiger partial charge is 0.394 e. The molecule has 0 bridgehead atoms. The number of hydrogen-bond donors (Lipinski definition) is 4. The number of aliphatic hydroxyl groups is 3. The molecule has 0 aromatic carbocycles. The molecule has 0 radical (unpaired) electrons. The van der Waals surface area contributed by atoms with Gasteiger partial charge in [0.1, 0.15) is 6.10 Å². The molecule has 0 saturated carbocycles. The van der Waals surface area contributed by atoms with Crippen LogP contribution in [0.3, 0.4) is 0 Å². The van der Waals surface area contributed by atoms with Crippen molar-refractivity contribution in [1.29, 1.82) is 0 Å². The highest BCUT2D eigenvalue weighted by Gasteiger charge is 2.26. The Labute approximate surface area is 387 Å². The Balaban J connectivity index is 3.64. The van der Waals surface area contributed by atoms with Crippen molar-refractivity contribution in [3.8, 4) is 0 Å². The molecule has 5 nitrogen and oxygen atoms in total. The van der Waals surface area contributed by atoms with Gasteiger partial charge in [-0.2, -0.15) is 0 Å². The van der Waals surface area contributed by atoms with E-state index >= 15 is 0 Å². The molecule has 3 unspecified atom stereocenters. The Hall–Kier alpha value is -1.69. The van der Waals surface area contributed by atoms with Crippen LogP contribution >= 0.6 is 0 Å². The van der Waals surface area contributed by atoms with Crippen LogP contribution in [0.15, 0.2) is 48.6 Å². The quantitative estimate of drug-likeness (QED) is 0.0362. The fourth-order valence-corrected chi connectivity index (χ4v) is 8.39. The number of nitrogens with one attached hydrogen (secondary N) is 1. The van der Waals surface area contributed by atoms with Crippen LogP contribution < -0.4 is 5.32 Å². The molecule has 0 aliphatic heterocycles. The van der Waals surface area contributed by atoms with E-state index in [1.165, 1.54) is 205 Å². The summed E-state index contributed by atoms with van der Waals surface area (Å²) in [7, 11) is 0. The number of unbranched alkanes of at least 4 members (excludes halogenated alkanes) is 34. The number of rotatable bonds is 50. The maximum absolute atomic E-state index is 12.5. The molecule has 0 fully saturated rings. The molecule has 0 aromatic heterocycles. The van der Waals surface area contributed by atoms with Crippen molar-refractivity contribution in [2.75, 3.05) is 6.61 Å². The van der Waals surface area contributed by atoms with E-state index in [4.69, 9.17) is 0 Å². The lowest BCUT2D eigenvalue weighted by Crippen LogP contribution is -2.50. The molecule has 0 spiro atoms. The fourth-order valence-electron chi connectivity index (χ4n) is 8.39. The first-order valence-electron chi connectivity index (χ1n) is 27.4. The van der Waals surface area contributed by atoms with Gasteiger partial charge in [0.25, 0.3) is 0 Å². The lowest BCUT2D eigenvalue weighted by atomic mass is 10.0. The molecule has 0 aliphatic rings. The summed E-state index contributed by atoms with van der Waals surface area (Å²) in [6.45, 7) is 4.19. The van der Waals surface area contributed by atoms with E-state index in [1.807, 2.05) is 0 Å². The van der Waals surface area contributed by atoms with Crippen LogP contribution in [0.4, 0.5) is 0 Å². The normalized spacial score (nSPS) is 13.7. The summed E-state index contributed by atoms with van der Waals surface area (Å²) in [5, 5.41) is 33.7. The minimum Gasteiger partial charge on any atom is -0.394 e. The minimum atomic E-state index is -1.17. The summed E-state index contributed by atoms with van der Waals surface area (Å²) in [6.07, 6.45) is 68.3. The zero-order valence-corrected chi connectivity index (χ0v) is 41.5. The van der Waals surface area contributed by atoms with Gasteiger partial charge in [-0.05, 0) is 83.5 Å². The third-order valence-corrected chi connectivity index (χ3v) is 12.6. The number of carbonyl (C=O) groups is 1. The second-order valence-electron chi connectivity index (χ2n) is 18.8. The average molecular weight is 870 g/mol. The summed E-state index contributed by atoms with van der Waals surface area (Å²) in [5.41, 5.74) is 0. The maximum Gasteiger partial charge on any atom is 0.220 e. The van der Waals surface area contributed by atoms with Gasteiger partial charge in [-0.25, -0.2) is 0 Å². The van der Waals surface area contributed by atoms with E-state index in [-0.39, 0.29) is 12.5 Å². The van der Waals surface area contributed by atoms with Gasteiger partial charge in [-0.15, -0.1) is 0 Å². The average Bonchev–Trinajstić information content (AvgIpc) is 3.28. The van der Waals surface area contributed by atoms with Crippen LogP contribution in [0.25, 0.3) is 0 Å². The molecule has 5 heteroatoms. The first-order valence-corrected chi connectivity index (χ1v) is 27.4. The highest BCUT2D eigenvalue weighted by Crippen LogP contribution is 2.16. The predicted molar refractivity (Wildman–Crippen MR) is 273 cm³/mol. The Bertz CT molecular complexity index is 1000. The maximum atomic E-state index is 12.5. The Morgan fingerprint density at radius 2 is 0.710 bits per heavy atom. The standard InChI is InChI=1S/C57H107NO4/c1-3-5-7-9-11-13-15-17-19-21-23-25-27-28-30-32-34-36-38-40-42-44-46-48-50-52-56(61)58-54(53-59)57(62)55(60)51-49-47-45-43-41-39-37-35-33-31-29-26-24-22-20-18-16-14-12-10-8-6-4-2/h23,25,28,30,35,37,43,45,54-55,57,59-60,62H,3-22,24,26-27,29,31-34,36,38-42,44,46-53H2,1-2H3,(H,58,61)/b25-23-,30-28-,37-35+,45-43+. The van der Waals surface area contributed by atoms with Gasteiger partial charge in [0.15, 0.2) is 0 Å². The van der Waals surface area contributed by atoms with Crippen molar-refractivity contribution >= 4 is 5.91 Å². The third kappa shape index (κ3) is 46.3. The molecular formula is C57H107NO4. The molecule has 0 heterocycles. The summed E-state index contributed by atoms with van der Waals surface area (Å²) in [6, 6.07) is -0.837. The molecule has 0 saturated heterocycles. The van der Waals surface area contributed by atoms with E-state index in [9.17, 15) is 20.1 Å². The first-order chi connectivity index (χ1) is 30.6. The van der Waals surface area contributed by atoms with Crippen LogP contribution in [0.5, 0.6) is 0 Å². The van der Waals surface area contributed by atoms with Crippen LogP contribution in [0.2, 0.25) is 0 Å². The Morgan fingerprint density at radius 3 is 1.08 bits per heavy atom. The van der Waals surface area contributed by atoms with Crippen molar-refractivity contribution in [2.24, 2.45) is 0 Å². The van der Waals surface area contributed by atoms with Crippen molar-refractivity contribution in [3.05, 3.63) is 48.6 Å². The molecule has 62 heavy (non-hydrogen) atoms. The van der Waals surface area contributed by atoms with Gasteiger partial charge in [0, 0.05) is 6.42 Å². The summed E-state index contributed by atoms with van der Waals surface area (Å²) < 4.78 is 0. The van der Waals surface area contributed by atoms with E-state index in [0.29, 0.717) is 12.8 Å². The monoisotopic (exact) mass is 870 g/mol. The molecule has 4 N–H and O–H groups in total. The molecule has 1 amide bonds. The number of aliphatic hydroxyl groups excluding tert-OH is 3. The van der Waals surface area contributed by atoms with Gasteiger partial charge in [-0.3, -0.25) is 4.79 Å². The van der Waals surface area contributed by atoms with Crippen molar-refractivity contribution in [2.45, 2.75) is 302 Å². The van der Waals surface area contributed by atoms with Gasteiger partial charge >= 0.3 is 0 Å². The van der Waals surface area contributed by atoms with Crippen molar-refractivity contribution in [1.82, 2.24) is 5.32 Å². The van der Waals surface area contributed by atoms with Gasteiger partial charge in [0.2, 0.25) is 5.91 Å². The molecule has 0 rings (SSSR count). The Morgan fingerprint density at radius 1 is 0.403 bits per heavy atom. The van der Waals surface area contributed by atoms with Crippen molar-refractivity contribution < 1.29 is 20.1 Å². The minimum absolute atomic E-state index is 0.161. The SMILES string of the molecule is CCCCCCCCCCC/C=C\C/C=C\CCCCCCCCCCCC(=O)NC(CO)C(O)C(O)CCC/C=C/CC/C=C/CCCCCCCCCCCCCCCC. The van der Waals surface area contributed by atoms with Crippen LogP contribution in [0.1, 0.15) is 284 Å². The highest BCUT2D eigenvalue weighted by molar-refractivity contribution is 5.76. The van der Waals surface area contributed by atoms with Gasteiger partial charge < -0.3 is 20.6 Å². The summed E-state index contributed by atoms with van der Waals surface area (Å²) in [5.74, 6) is -0.161. The second-order valence-corrected chi connectivity index (χ2v) is 18.8. The van der Waals surface area contributed by atoms with E-state index in [0.717, 1.165) is 51.4 Å². The molecule has 0 aliphatic carbocycles. The Kier molecular flexibility index (Phi) is 50.5. The second kappa shape index (κ2) is 51.9. The lowest BCUT2D eigenvalue weighted by molar-refractivity contribution is -0.124. The zero-order valence-electron chi connectivity index (χ0n) is 41.5. The molecule has 0 aromatic rings. The van der Waals surface area contributed by atoms with Crippen LogP contribution in [-0.2, 0) is 4.79 Å². The molecular weight excluding hydrogens is 763 g/mol. The number of carbonyl (C=O) groups excluding carboxylic acids is 1. The lowest BCUT2D eigenvalue weighted by Gasteiger charge is -2.26. The summed E-state index contributed by atoms with van der Waals surface area (Å²) >= 11 is 0. The summed E-state index contributed by atoms with van der Waals surface area (Å²) in [4.78, 5) is 12.5. The van der Waals surface area contributed by atoms with Crippen LogP contribution in [-0.4, -0.2) is 46.1 Å². The molecule has 3 atom stereocenters. The third-order valence-electron chi connectivity index (χ3n) is 12.6. The smallest absolute Gasteiger partial charge is 0.220 e. The number of amides is 1. The van der Waals surface area contributed by atoms with Crippen LogP contribution in [0, 0.1) is 0 Å². The highest BCUT2D eigenvalue weighted by atomic mass is 16.3. The van der Waals surface area contributed by atoms with Gasteiger partial charge in [-0.1, -0.05) is 242 Å². The topological polar surface area (TPSA) is 89.8 Å². The number of hydrogen-bond acceptors (Lipinski definition) is 4. The van der Waals surface area contributed by atoms with E-state index in [2.05, 4.69) is 67.8 Å². The number of allylic oxidation sites excluding steroid dienone is 8. The van der Waals surface area contributed by atoms with Crippen molar-refractivity contribution in [3.63, 3.8) is 0 Å². The zero-order chi connectivity index (χ0) is 45.1. The van der Waals surface area contributed by atoms with E-state index in [1.54, 1.807) is 0 Å². The van der Waals surface area contributed by atoms with Gasteiger partial charge in [0.05, 0.1) is 18.8 Å².